The first-order valence-electron chi connectivity index (χ1n) is 5.57. The molecule has 0 spiro atoms. The molecular weight excluding hydrogens is 170 g/mol. The first-order valence-corrected chi connectivity index (χ1v) is 5.57. The number of anilines is 1. The highest BCUT2D eigenvalue weighted by atomic mass is 15.1. The van der Waals surface area contributed by atoms with Gasteiger partial charge in [0.1, 0.15) is 0 Å². The predicted molar refractivity (Wildman–Crippen MR) is 64.1 cm³/mol. The molecule has 0 heterocycles. The van der Waals surface area contributed by atoms with Gasteiger partial charge in [0.15, 0.2) is 0 Å². The summed E-state index contributed by atoms with van der Waals surface area (Å²) in [6.45, 7) is 11.0. The van der Waals surface area contributed by atoms with Crippen LogP contribution in [0.15, 0.2) is 18.2 Å². The Morgan fingerprint density at radius 2 is 1.71 bits per heavy atom. The van der Waals surface area contributed by atoms with E-state index in [1.54, 1.807) is 0 Å². The van der Waals surface area contributed by atoms with E-state index < -0.39 is 0 Å². The fraction of sp³-hybridized carbons (Fsp3) is 0.538. The number of hydrogen-bond acceptors (Lipinski definition) is 1. The van der Waals surface area contributed by atoms with Crippen LogP contribution >= 0.6 is 0 Å². The van der Waals surface area contributed by atoms with E-state index in [-0.39, 0.29) is 0 Å². The van der Waals surface area contributed by atoms with Gasteiger partial charge < -0.3 is 4.90 Å². The highest BCUT2D eigenvalue weighted by Gasteiger charge is 2.07. The fourth-order valence-electron chi connectivity index (χ4n) is 2.01. The molecular formula is C13H21N. The third kappa shape index (κ3) is 2.09. The molecule has 0 aliphatic heterocycles. The van der Waals surface area contributed by atoms with Crippen molar-refractivity contribution in [3.8, 4) is 0 Å². The maximum Gasteiger partial charge on any atom is 0.0401 e. The Morgan fingerprint density at radius 3 is 2.21 bits per heavy atom. The largest absolute Gasteiger partial charge is 0.372 e. The molecule has 1 aromatic carbocycles. The van der Waals surface area contributed by atoms with Crippen molar-refractivity contribution in [2.24, 2.45) is 0 Å². The van der Waals surface area contributed by atoms with Crippen LogP contribution in [0.2, 0.25) is 0 Å². The quantitative estimate of drug-likeness (QED) is 0.705. The minimum absolute atomic E-state index is 1.09. The van der Waals surface area contributed by atoms with Crippen LogP contribution in [-0.4, -0.2) is 13.1 Å². The molecule has 0 radical (unpaired) electrons. The van der Waals surface area contributed by atoms with E-state index in [2.05, 4.69) is 50.8 Å². The average Bonchev–Trinajstić information content (AvgIpc) is 2.20. The van der Waals surface area contributed by atoms with Crippen molar-refractivity contribution in [1.82, 2.24) is 0 Å². The molecule has 1 heteroatoms. The molecule has 0 atom stereocenters. The van der Waals surface area contributed by atoms with Crippen molar-refractivity contribution < 1.29 is 0 Å². The Hall–Kier alpha value is -0.980. The summed E-state index contributed by atoms with van der Waals surface area (Å²) in [4.78, 5) is 2.42. The molecule has 1 nitrogen and oxygen atoms in total. The molecule has 0 aliphatic rings. The van der Waals surface area contributed by atoms with Crippen molar-refractivity contribution in [2.75, 3.05) is 18.0 Å². The van der Waals surface area contributed by atoms with Gasteiger partial charge in [-0.25, -0.2) is 0 Å². The molecule has 0 amide bonds. The summed E-state index contributed by atoms with van der Waals surface area (Å²) >= 11 is 0. The Morgan fingerprint density at radius 1 is 1.07 bits per heavy atom. The van der Waals surface area contributed by atoms with Crippen LogP contribution in [0.5, 0.6) is 0 Å². The number of hydrogen-bond donors (Lipinski definition) is 0. The highest BCUT2D eigenvalue weighted by molar-refractivity contribution is 5.56. The first kappa shape index (κ1) is 11.1. The summed E-state index contributed by atoms with van der Waals surface area (Å²) in [5, 5.41) is 0. The molecule has 78 valence electrons. The molecule has 0 aliphatic carbocycles. The van der Waals surface area contributed by atoms with E-state index in [9.17, 15) is 0 Å². The SMILES string of the molecule is CCc1c(C)cccc1N(CC)CC. The van der Waals surface area contributed by atoms with E-state index in [0.29, 0.717) is 0 Å². The monoisotopic (exact) mass is 191 g/mol. The van der Waals surface area contributed by atoms with Crippen LogP contribution in [-0.2, 0) is 6.42 Å². The Balaban J connectivity index is 3.11. The van der Waals surface area contributed by atoms with E-state index in [1.165, 1.54) is 16.8 Å². The molecule has 1 aromatic rings. The van der Waals surface area contributed by atoms with Gasteiger partial charge in [0, 0.05) is 18.8 Å². The smallest absolute Gasteiger partial charge is 0.0401 e. The lowest BCUT2D eigenvalue weighted by atomic mass is 10.0. The summed E-state index contributed by atoms with van der Waals surface area (Å²) in [6.07, 6.45) is 1.12. The van der Waals surface area contributed by atoms with Crippen molar-refractivity contribution in [2.45, 2.75) is 34.1 Å². The number of benzene rings is 1. The van der Waals surface area contributed by atoms with Crippen molar-refractivity contribution in [3.05, 3.63) is 29.3 Å². The van der Waals surface area contributed by atoms with Gasteiger partial charge >= 0.3 is 0 Å². The van der Waals surface area contributed by atoms with Crippen LogP contribution in [0, 0.1) is 6.92 Å². The molecule has 0 aromatic heterocycles. The lowest BCUT2D eigenvalue weighted by Gasteiger charge is -2.24. The second-order valence-corrected chi connectivity index (χ2v) is 3.60. The van der Waals surface area contributed by atoms with E-state index in [0.717, 1.165) is 19.5 Å². The van der Waals surface area contributed by atoms with Gasteiger partial charge in [-0.15, -0.1) is 0 Å². The normalized spacial score (nSPS) is 10.3. The Labute approximate surface area is 87.7 Å². The van der Waals surface area contributed by atoms with Crippen molar-refractivity contribution >= 4 is 5.69 Å². The summed E-state index contributed by atoms with van der Waals surface area (Å²) in [6, 6.07) is 6.59. The van der Waals surface area contributed by atoms with Gasteiger partial charge in [-0.1, -0.05) is 19.1 Å². The predicted octanol–water partition coefficient (Wildman–Crippen LogP) is 3.40. The molecule has 0 unspecified atom stereocenters. The third-order valence-electron chi connectivity index (χ3n) is 2.84. The lowest BCUT2D eigenvalue weighted by molar-refractivity contribution is 0.854. The number of rotatable bonds is 4. The molecule has 1 rings (SSSR count). The van der Waals surface area contributed by atoms with E-state index in [1.807, 2.05) is 0 Å². The fourth-order valence-corrected chi connectivity index (χ4v) is 2.01. The zero-order chi connectivity index (χ0) is 10.6. The molecule has 0 bridgehead atoms. The van der Waals surface area contributed by atoms with Gasteiger partial charge in [0.2, 0.25) is 0 Å². The second-order valence-electron chi connectivity index (χ2n) is 3.60. The molecule has 14 heavy (non-hydrogen) atoms. The van der Waals surface area contributed by atoms with Gasteiger partial charge in [0.05, 0.1) is 0 Å². The van der Waals surface area contributed by atoms with Crippen molar-refractivity contribution in [3.63, 3.8) is 0 Å². The third-order valence-corrected chi connectivity index (χ3v) is 2.84. The van der Waals surface area contributed by atoms with E-state index in [4.69, 9.17) is 0 Å². The topological polar surface area (TPSA) is 3.24 Å². The van der Waals surface area contributed by atoms with Crippen LogP contribution in [0.25, 0.3) is 0 Å². The summed E-state index contributed by atoms with van der Waals surface area (Å²) in [7, 11) is 0. The number of aryl methyl sites for hydroxylation is 1. The summed E-state index contributed by atoms with van der Waals surface area (Å²) < 4.78 is 0. The Kier molecular flexibility index (Phi) is 3.99. The van der Waals surface area contributed by atoms with Gasteiger partial charge in [-0.3, -0.25) is 0 Å². The first-order chi connectivity index (χ1) is 6.74. The zero-order valence-corrected chi connectivity index (χ0v) is 9.80. The van der Waals surface area contributed by atoms with Crippen LogP contribution in [0.4, 0.5) is 5.69 Å². The highest BCUT2D eigenvalue weighted by Crippen LogP contribution is 2.23. The molecule has 0 saturated carbocycles. The van der Waals surface area contributed by atoms with E-state index >= 15 is 0 Å². The average molecular weight is 191 g/mol. The molecule has 0 fully saturated rings. The second kappa shape index (κ2) is 5.04. The molecule has 0 N–H and O–H groups in total. The van der Waals surface area contributed by atoms with Crippen molar-refractivity contribution in [1.29, 1.82) is 0 Å². The molecule has 0 saturated heterocycles. The Bertz CT molecular complexity index is 287. The van der Waals surface area contributed by atoms with Crippen LogP contribution in [0.1, 0.15) is 31.9 Å². The van der Waals surface area contributed by atoms with Gasteiger partial charge in [-0.05, 0) is 44.4 Å². The number of nitrogens with zero attached hydrogens (tertiary/aromatic N) is 1. The summed E-state index contributed by atoms with van der Waals surface area (Å²) in [5.74, 6) is 0. The maximum absolute atomic E-state index is 2.42. The van der Waals surface area contributed by atoms with Crippen LogP contribution in [0.3, 0.4) is 0 Å². The minimum atomic E-state index is 1.09. The lowest BCUT2D eigenvalue weighted by Crippen LogP contribution is -2.23. The van der Waals surface area contributed by atoms with Crippen LogP contribution < -0.4 is 4.90 Å². The standard InChI is InChI=1S/C13H21N/c1-5-12-11(4)9-8-10-13(12)14(6-2)7-3/h8-10H,5-7H2,1-4H3. The summed E-state index contributed by atoms with van der Waals surface area (Å²) in [5.41, 5.74) is 4.32. The maximum atomic E-state index is 2.42. The zero-order valence-electron chi connectivity index (χ0n) is 9.80. The van der Waals surface area contributed by atoms with Gasteiger partial charge in [-0.2, -0.15) is 0 Å². The minimum Gasteiger partial charge on any atom is -0.372 e. The van der Waals surface area contributed by atoms with Gasteiger partial charge in [0.25, 0.3) is 0 Å².